The number of ether oxygens (including phenoxy) is 2. The van der Waals surface area contributed by atoms with Gasteiger partial charge in [0.15, 0.2) is 5.60 Å². The van der Waals surface area contributed by atoms with E-state index < -0.39 is 11.6 Å². The Morgan fingerprint density at radius 2 is 1.63 bits per heavy atom. The molecule has 0 aromatic heterocycles. The normalized spacial score (nSPS) is 17.9. The second-order valence-electron chi connectivity index (χ2n) is 8.56. The predicted octanol–water partition coefficient (Wildman–Crippen LogP) is 7.19. The van der Waals surface area contributed by atoms with Crippen molar-refractivity contribution in [2.24, 2.45) is 0 Å². The molecule has 4 aromatic carbocycles. The van der Waals surface area contributed by atoms with Gasteiger partial charge in [-0.2, -0.15) is 0 Å². The van der Waals surface area contributed by atoms with E-state index in [4.69, 9.17) is 9.47 Å². The molecule has 0 bridgehead atoms. The van der Waals surface area contributed by atoms with Gasteiger partial charge in [0, 0.05) is 4.90 Å². The second kappa shape index (κ2) is 9.88. The lowest BCUT2D eigenvalue weighted by molar-refractivity contribution is -0.163. The number of carbonyl (C=O) groups is 1. The Labute approximate surface area is 209 Å². The lowest BCUT2D eigenvalue weighted by atomic mass is 9.88. The topological polar surface area (TPSA) is 55.8 Å². The maximum absolute atomic E-state index is 13.3. The number of hydrogen-bond acceptors (Lipinski definition) is 5. The third-order valence-electron chi connectivity index (χ3n) is 6.25. The highest BCUT2D eigenvalue weighted by atomic mass is 32.2. The minimum absolute atomic E-state index is 0.0168. The number of aliphatic hydroxyl groups excluding tert-OH is 1. The molecule has 1 heterocycles. The summed E-state index contributed by atoms with van der Waals surface area (Å²) in [6.07, 6.45) is 0.965. The summed E-state index contributed by atoms with van der Waals surface area (Å²) in [6, 6.07) is 31.3. The van der Waals surface area contributed by atoms with Crippen molar-refractivity contribution in [3.63, 3.8) is 0 Å². The quantitative estimate of drug-likeness (QED) is 0.283. The van der Waals surface area contributed by atoms with Gasteiger partial charge in [0.05, 0.1) is 6.42 Å². The van der Waals surface area contributed by atoms with Gasteiger partial charge in [0.25, 0.3) is 0 Å². The van der Waals surface area contributed by atoms with Crippen LogP contribution in [0.25, 0.3) is 10.8 Å². The van der Waals surface area contributed by atoms with Crippen LogP contribution in [0, 0.1) is 0 Å². The van der Waals surface area contributed by atoms with Crippen LogP contribution >= 0.6 is 11.8 Å². The zero-order chi connectivity index (χ0) is 24.3. The van der Waals surface area contributed by atoms with Crippen LogP contribution in [-0.2, 0) is 21.6 Å². The van der Waals surface area contributed by atoms with Gasteiger partial charge >= 0.3 is 5.97 Å². The number of thioether (sulfide) groups is 1. The van der Waals surface area contributed by atoms with E-state index in [-0.39, 0.29) is 23.7 Å². The number of benzene rings is 4. The molecule has 5 heteroatoms. The fourth-order valence-corrected chi connectivity index (χ4v) is 5.38. The van der Waals surface area contributed by atoms with Gasteiger partial charge in [0.1, 0.15) is 23.0 Å². The highest BCUT2D eigenvalue weighted by molar-refractivity contribution is 8.04. The van der Waals surface area contributed by atoms with Crippen LogP contribution in [0.3, 0.4) is 0 Å². The van der Waals surface area contributed by atoms with Crippen molar-refractivity contribution in [2.75, 3.05) is 6.61 Å². The molecule has 0 amide bonds. The molecule has 1 N–H and O–H groups in total. The van der Waals surface area contributed by atoms with E-state index in [2.05, 4.69) is 6.92 Å². The third kappa shape index (κ3) is 4.77. The molecule has 0 fully saturated rings. The van der Waals surface area contributed by atoms with Gasteiger partial charge in [-0.05, 0) is 46.5 Å². The Bertz CT molecular complexity index is 1400. The Morgan fingerprint density at radius 3 is 2.40 bits per heavy atom. The SMILES string of the molecule is CCc1ccccc1SC1=C(O)CC(COc2ccc3ccccc3c2)(c2ccccc2)OC1=O. The highest BCUT2D eigenvalue weighted by Crippen LogP contribution is 2.43. The van der Waals surface area contributed by atoms with E-state index in [1.54, 1.807) is 0 Å². The summed E-state index contributed by atoms with van der Waals surface area (Å²) in [7, 11) is 0. The molecule has 0 saturated heterocycles. The van der Waals surface area contributed by atoms with E-state index in [0.29, 0.717) is 5.75 Å². The van der Waals surface area contributed by atoms with Gasteiger partial charge in [-0.25, -0.2) is 4.79 Å². The lowest BCUT2D eigenvalue weighted by Gasteiger charge is -2.37. The van der Waals surface area contributed by atoms with Gasteiger partial charge in [-0.15, -0.1) is 0 Å². The maximum Gasteiger partial charge on any atom is 0.349 e. The number of rotatable bonds is 7. The second-order valence-corrected chi connectivity index (χ2v) is 9.62. The number of carbonyl (C=O) groups excluding carboxylic acids is 1. The largest absolute Gasteiger partial charge is 0.511 e. The summed E-state index contributed by atoms with van der Waals surface area (Å²) in [6.45, 7) is 2.14. The first-order chi connectivity index (χ1) is 17.1. The minimum Gasteiger partial charge on any atom is -0.511 e. The Hall–Kier alpha value is -3.70. The summed E-state index contributed by atoms with van der Waals surface area (Å²) in [5, 5.41) is 13.3. The minimum atomic E-state index is -1.14. The summed E-state index contributed by atoms with van der Waals surface area (Å²) in [4.78, 5) is 14.4. The number of aliphatic hydroxyl groups is 1. The van der Waals surface area contributed by atoms with Crippen LogP contribution in [-0.4, -0.2) is 17.7 Å². The first-order valence-electron chi connectivity index (χ1n) is 11.7. The average Bonchev–Trinajstić information content (AvgIpc) is 2.90. The van der Waals surface area contributed by atoms with Crippen LogP contribution in [0.4, 0.5) is 0 Å². The van der Waals surface area contributed by atoms with Crippen molar-refractivity contribution >= 4 is 28.5 Å². The van der Waals surface area contributed by atoms with Crippen LogP contribution in [0.5, 0.6) is 5.75 Å². The van der Waals surface area contributed by atoms with Crippen LogP contribution < -0.4 is 4.74 Å². The molecule has 5 rings (SSSR count). The van der Waals surface area contributed by atoms with Gasteiger partial charge in [-0.1, -0.05) is 97.5 Å². The molecule has 0 radical (unpaired) electrons. The van der Waals surface area contributed by atoms with Gasteiger partial charge in [0.2, 0.25) is 0 Å². The number of fused-ring (bicyclic) bond motifs is 1. The summed E-state index contributed by atoms with van der Waals surface area (Å²) >= 11 is 1.26. The van der Waals surface area contributed by atoms with E-state index in [9.17, 15) is 9.90 Å². The first-order valence-corrected chi connectivity index (χ1v) is 12.5. The van der Waals surface area contributed by atoms with Crippen molar-refractivity contribution < 1.29 is 19.4 Å². The molecule has 4 aromatic rings. The molecule has 1 unspecified atom stereocenters. The summed E-state index contributed by atoms with van der Waals surface area (Å²) in [5.74, 6) is 0.148. The first kappa shape index (κ1) is 23.1. The molecule has 4 nitrogen and oxygen atoms in total. The van der Waals surface area contributed by atoms with Crippen molar-refractivity contribution in [2.45, 2.75) is 30.3 Å². The zero-order valence-corrected chi connectivity index (χ0v) is 20.3. The number of esters is 1. The average molecular weight is 483 g/mol. The zero-order valence-electron chi connectivity index (χ0n) is 19.4. The summed E-state index contributed by atoms with van der Waals surface area (Å²) in [5.41, 5.74) is 0.756. The van der Waals surface area contributed by atoms with Crippen molar-refractivity contribution in [1.82, 2.24) is 0 Å². The number of cyclic esters (lactones) is 1. The molecule has 35 heavy (non-hydrogen) atoms. The van der Waals surface area contributed by atoms with Gasteiger partial charge < -0.3 is 14.6 Å². The molecule has 1 aliphatic rings. The smallest absolute Gasteiger partial charge is 0.349 e. The van der Waals surface area contributed by atoms with Gasteiger partial charge in [-0.3, -0.25) is 0 Å². The molecule has 1 aliphatic heterocycles. The number of aryl methyl sites for hydroxylation is 1. The third-order valence-corrected chi connectivity index (χ3v) is 7.47. The van der Waals surface area contributed by atoms with E-state index in [1.165, 1.54) is 11.8 Å². The molecule has 0 aliphatic carbocycles. The fourth-order valence-electron chi connectivity index (χ4n) is 4.36. The fraction of sp³-hybridized carbons (Fsp3) is 0.167. The molecular weight excluding hydrogens is 456 g/mol. The van der Waals surface area contributed by atoms with E-state index >= 15 is 0 Å². The molecule has 0 spiro atoms. The maximum atomic E-state index is 13.3. The standard InChI is InChI=1S/C30H26O4S/c1-2-21-10-8-9-15-27(21)35-28-26(31)19-30(34-29(28)32,24-13-4-3-5-14-24)20-33-25-17-16-22-11-6-7-12-23(22)18-25/h3-18,31H,2,19-20H2,1H3. The molecular formula is C30H26O4S. The highest BCUT2D eigenvalue weighted by Gasteiger charge is 2.45. The van der Waals surface area contributed by atoms with Crippen molar-refractivity contribution in [3.05, 3.63) is 119 Å². The van der Waals surface area contributed by atoms with Crippen molar-refractivity contribution in [3.8, 4) is 5.75 Å². The number of hydrogen-bond donors (Lipinski definition) is 1. The molecule has 0 saturated carbocycles. The predicted molar refractivity (Wildman–Crippen MR) is 140 cm³/mol. The molecule has 1 atom stereocenters. The molecule has 176 valence electrons. The van der Waals surface area contributed by atoms with E-state index in [0.717, 1.165) is 33.2 Å². The van der Waals surface area contributed by atoms with Crippen LogP contribution in [0.15, 0.2) is 113 Å². The van der Waals surface area contributed by atoms with Crippen LogP contribution in [0.2, 0.25) is 0 Å². The Morgan fingerprint density at radius 1 is 0.914 bits per heavy atom. The monoisotopic (exact) mass is 482 g/mol. The van der Waals surface area contributed by atoms with E-state index in [1.807, 2.05) is 97.1 Å². The lowest BCUT2D eigenvalue weighted by Crippen LogP contribution is -2.42. The van der Waals surface area contributed by atoms with Crippen molar-refractivity contribution in [1.29, 1.82) is 0 Å². The summed E-state index contributed by atoms with van der Waals surface area (Å²) < 4.78 is 12.3. The Kier molecular flexibility index (Phi) is 6.51. The van der Waals surface area contributed by atoms with Crippen LogP contribution in [0.1, 0.15) is 24.5 Å². The Balaban J connectivity index is 1.46.